The quantitative estimate of drug-likeness (QED) is 0.639. The third kappa shape index (κ3) is 3.85. The Morgan fingerprint density at radius 1 is 1.12 bits per heavy atom. The van der Waals surface area contributed by atoms with Gasteiger partial charge < -0.3 is 14.5 Å². The SMILES string of the molecule is CC(C)n1ncnc1C1=CN2CCOc3ccccc3C2N1S(=O)(=O)N1CCC(N(C)C)CC1. The summed E-state index contributed by atoms with van der Waals surface area (Å²) in [5, 5.41) is 4.38. The van der Waals surface area contributed by atoms with Gasteiger partial charge in [-0.05, 0) is 46.9 Å². The number of piperidine rings is 1. The van der Waals surface area contributed by atoms with E-state index in [1.54, 1.807) is 13.3 Å². The van der Waals surface area contributed by atoms with Gasteiger partial charge in [-0.1, -0.05) is 18.2 Å². The molecule has 0 radical (unpaired) electrons. The molecular formula is C23H33N7O3S. The Morgan fingerprint density at radius 3 is 2.56 bits per heavy atom. The van der Waals surface area contributed by atoms with Crippen LogP contribution in [-0.2, 0) is 10.2 Å². The number of aromatic nitrogens is 3. The highest BCUT2D eigenvalue weighted by Gasteiger charge is 2.47. The molecule has 34 heavy (non-hydrogen) atoms. The number of rotatable bonds is 5. The molecule has 184 valence electrons. The largest absolute Gasteiger partial charge is 0.491 e. The van der Waals surface area contributed by atoms with Crippen molar-refractivity contribution in [1.82, 2.24) is 33.2 Å². The predicted octanol–water partition coefficient (Wildman–Crippen LogP) is 2.14. The van der Waals surface area contributed by atoms with Gasteiger partial charge in [0, 0.05) is 36.9 Å². The summed E-state index contributed by atoms with van der Waals surface area (Å²) in [7, 11) is 0.245. The van der Waals surface area contributed by atoms with Crippen molar-refractivity contribution in [2.24, 2.45) is 0 Å². The molecule has 1 unspecified atom stereocenters. The van der Waals surface area contributed by atoms with E-state index in [1.807, 2.05) is 49.2 Å². The average molecular weight is 488 g/mol. The molecule has 4 heterocycles. The molecule has 2 aromatic rings. The summed E-state index contributed by atoms with van der Waals surface area (Å²) in [5.41, 5.74) is 1.37. The first kappa shape index (κ1) is 23.1. The van der Waals surface area contributed by atoms with Gasteiger partial charge in [-0.3, -0.25) is 0 Å². The number of nitrogens with zero attached hydrogens (tertiary/aromatic N) is 7. The number of para-hydroxylation sites is 1. The third-order valence-electron chi connectivity index (χ3n) is 6.89. The van der Waals surface area contributed by atoms with E-state index in [2.05, 4.69) is 29.1 Å². The van der Waals surface area contributed by atoms with Gasteiger partial charge in [-0.25, -0.2) is 14.0 Å². The minimum Gasteiger partial charge on any atom is -0.491 e. The van der Waals surface area contributed by atoms with Crippen LogP contribution in [0.1, 0.15) is 50.3 Å². The minimum absolute atomic E-state index is 0.0369. The number of hydrogen-bond donors (Lipinski definition) is 0. The molecule has 0 saturated carbocycles. The van der Waals surface area contributed by atoms with Gasteiger partial charge in [-0.2, -0.15) is 17.8 Å². The van der Waals surface area contributed by atoms with Crippen LogP contribution in [0.3, 0.4) is 0 Å². The molecule has 1 saturated heterocycles. The lowest BCUT2D eigenvalue weighted by Crippen LogP contribution is -2.50. The molecule has 1 atom stereocenters. The molecule has 11 heteroatoms. The summed E-state index contributed by atoms with van der Waals surface area (Å²) in [6.07, 6.45) is 4.46. The van der Waals surface area contributed by atoms with Crippen LogP contribution in [-0.4, -0.2) is 88.0 Å². The Morgan fingerprint density at radius 2 is 1.85 bits per heavy atom. The van der Waals surface area contributed by atoms with Gasteiger partial charge in [0.25, 0.3) is 0 Å². The van der Waals surface area contributed by atoms with Gasteiger partial charge in [0.1, 0.15) is 30.5 Å². The Bertz CT molecular complexity index is 1170. The van der Waals surface area contributed by atoms with Crippen molar-refractivity contribution < 1.29 is 13.2 Å². The molecular weight excluding hydrogens is 454 g/mol. The van der Waals surface area contributed by atoms with E-state index in [0.717, 1.165) is 18.4 Å². The second-order valence-corrected chi connectivity index (χ2v) is 11.3. The van der Waals surface area contributed by atoms with E-state index < -0.39 is 16.4 Å². The van der Waals surface area contributed by atoms with Crippen LogP contribution in [0.4, 0.5) is 0 Å². The molecule has 0 N–H and O–H groups in total. The molecule has 0 spiro atoms. The molecule has 0 aliphatic carbocycles. The van der Waals surface area contributed by atoms with Crippen molar-refractivity contribution in [2.45, 2.75) is 44.9 Å². The first-order valence-corrected chi connectivity index (χ1v) is 13.2. The number of fused-ring (bicyclic) bond motifs is 3. The van der Waals surface area contributed by atoms with E-state index in [-0.39, 0.29) is 6.04 Å². The Kier molecular flexibility index (Phi) is 6.03. The molecule has 10 nitrogen and oxygen atoms in total. The summed E-state index contributed by atoms with van der Waals surface area (Å²) >= 11 is 0. The highest BCUT2D eigenvalue weighted by Crippen LogP contribution is 2.46. The summed E-state index contributed by atoms with van der Waals surface area (Å²) < 4.78 is 39.5. The molecule has 1 fully saturated rings. The van der Waals surface area contributed by atoms with Crippen LogP contribution >= 0.6 is 0 Å². The zero-order valence-corrected chi connectivity index (χ0v) is 21.0. The van der Waals surface area contributed by atoms with E-state index >= 15 is 0 Å². The second kappa shape index (κ2) is 8.86. The van der Waals surface area contributed by atoms with Crippen molar-refractivity contribution in [3.8, 4) is 5.75 Å². The molecule has 0 amide bonds. The highest BCUT2D eigenvalue weighted by molar-refractivity contribution is 7.87. The first-order valence-electron chi connectivity index (χ1n) is 11.8. The monoisotopic (exact) mass is 487 g/mol. The smallest absolute Gasteiger partial charge is 0.306 e. The predicted molar refractivity (Wildman–Crippen MR) is 129 cm³/mol. The zero-order valence-electron chi connectivity index (χ0n) is 20.2. The molecule has 3 aliphatic rings. The van der Waals surface area contributed by atoms with Gasteiger partial charge >= 0.3 is 10.2 Å². The fourth-order valence-electron chi connectivity index (χ4n) is 5.06. The number of hydrogen-bond acceptors (Lipinski definition) is 7. The molecule has 0 bridgehead atoms. The van der Waals surface area contributed by atoms with Gasteiger partial charge in [0.05, 0.1) is 6.54 Å². The summed E-state index contributed by atoms with van der Waals surface area (Å²) in [4.78, 5) is 8.72. The second-order valence-electron chi connectivity index (χ2n) is 9.53. The number of benzene rings is 1. The summed E-state index contributed by atoms with van der Waals surface area (Å²) in [5.74, 6) is 1.26. The molecule has 1 aromatic heterocycles. The van der Waals surface area contributed by atoms with Crippen molar-refractivity contribution in [3.05, 3.63) is 48.2 Å². The lowest BCUT2D eigenvalue weighted by molar-refractivity contribution is 0.177. The third-order valence-corrected chi connectivity index (χ3v) is 8.80. The normalized spacial score (nSPS) is 21.9. The van der Waals surface area contributed by atoms with Crippen molar-refractivity contribution >= 4 is 15.9 Å². The van der Waals surface area contributed by atoms with Gasteiger partial charge in [0.15, 0.2) is 5.82 Å². The van der Waals surface area contributed by atoms with E-state index in [1.165, 1.54) is 6.33 Å². The van der Waals surface area contributed by atoms with Gasteiger partial charge in [-0.15, -0.1) is 0 Å². The molecule has 3 aliphatic heterocycles. The van der Waals surface area contributed by atoms with Gasteiger partial charge in [0.2, 0.25) is 0 Å². The lowest BCUT2D eigenvalue weighted by atomic mass is 10.1. The standard InChI is InChI=1S/C23H33N7O3S/c1-17(2)29-22(24-16-25-29)20-15-27-13-14-33-21-8-6-5-7-19(21)23(27)30(20)34(31,32)28-11-9-18(10-12-28)26(3)4/h5-8,15-18,23H,9-14H2,1-4H3. The average Bonchev–Trinajstić information content (AvgIpc) is 3.41. The number of ether oxygens (including phenoxy) is 1. The van der Waals surface area contributed by atoms with Crippen molar-refractivity contribution in [3.63, 3.8) is 0 Å². The van der Waals surface area contributed by atoms with Crippen molar-refractivity contribution in [1.29, 1.82) is 0 Å². The fraction of sp³-hybridized carbons (Fsp3) is 0.565. The van der Waals surface area contributed by atoms with Crippen LogP contribution in [0.25, 0.3) is 5.70 Å². The summed E-state index contributed by atoms with van der Waals surface area (Å²) in [6, 6.07) is 8.11. The van der Waals surface area contributed by atoms with Crippen LogP contribution < -0.4 is 4.74 Å². The van der Waals surface area contributed by atoms with E-state index in [4.69, 9.17) is 4.74 Å². The Labute approximate surface area is 201 Å². The topological polar surface area (TPSA) is 87.0 Å². The lowest BCUT2D eigenvalue weighted by Gasteiger charge is -2.39. The highest BCUT2D eigenvalue weighted by atomic mass is 32.2. The minimum atomic E-state index is -3.86. The molecule has 1 aromatic carbocycles. The molecule has 5 rings (SSSR count). The van der Waals surface area contributed by atoms with E-state index in [9.17, 15) is 8.42 Å². The van der Waals surface area contributed by atoms with Crippen LogP contribution in [0.2, 0.25) is 0 Å². The Hall–Kier alpha value is -2.63. The Balaban J connectivity index is 1.60. The maximum absolute atomic E-state index is 14.3. The van der Waals surface area contributed by atoms with Crippen molar-refractivity contribution in [2.75, 3.05) is 40.3 Å². The maximum atomic E-state index is 14.3. The summed E-state index contributed by atoms with van der Waals surface area (Å²) in [6.45, 7) is 6.03. The van der Waals surface area contributed by atoms with E-state index in [0.29, 0.717) is 49.6 Å². The zero-order chi connectivity index (χ0) is 24.0. The maximum Gasteiger partial charge on any atom is 0.306 e. The van der Waals surface area contributed by atoms with Crippen LogP contribution in [0, 0.1) is 0 Å². The first-order chi connectivity index (χ1) is 16.3. The van der Waals surface area contributed by atoms with Crippen LogP contribution in [0.5, 0.6) is 5.75 Å². The van der Waals surface area contributed by atoms with Crippen LogP contribution in [0.15, 0.2) is 36.8 Å². The fourth-order valence-corrected chi connectivity index (χ4v) is 6.85.